The smallest absolute Gasteiger partial charge is 0.327 e. The highest BCUT2D eigenvalue weighted by atomic mass is 16.2. The summed E-state index contributed by atoms with van der Waals surface area (Å²) in [5.74, 6) is -10.6. The molecule has 7 aromatic rings. The van der Waals surface area contributed by atoms with E-state index in [0.717, 1.165) is 19.6 Å². The second kappa shape index (κ2) is 56.5. The van der Waals surface area contributed by atoms with Crippen molar-refractivity contribution in [3.8, 4) is 0 Å². The summed E-state index contributed by atoms with van der Waals surface area (Å²) < 4.78 is 0. The molecule has 135 heavy (non-hydrogen) atoms. The highest BCUT2D eigenvalue weighted by molar-refractivity contribution is 6.35. The second-order valence-electron chi connectivity index (χ2n) is 35.1. The third-order valence-corrected chi connectivity index (χ3v) is 23.1. The summed E-state index contributed by atoms with van der Waals surface area (Å²) >= 11 is 0. The van der Waals surface area contributed by atoms with Gasteiger partial charge in [0.2, 0.25) is 41.4 Å². The molecule has 0 aromatic heterocycles. The Balaban J connectivity index is 1.48. The predicted molar refractivity (Wildman–Crippen MR) is 514 cm³/mol. The Morgan fingerprint density at radius 1 is 0.274 bits per heavy atom. The van der Waals surface area contributed by atoms with Crippen LogP contribution in [0, 0.1) is 17.8 Å². The van der Waals surface area contributed by atoms with Gasteiger partial charge in [-0.2, -0.15) is 0 Å². The van der Waals surface area contributed by atoms with Crippen molar-refractivity contribution >= 4 is 89.4 Å². The van der Waals surface area contributed by atoms with E-state index in [4.69, 9.17) is 22.9 Å². The van der Waals surface area contributed by atoms with Gasteiger partial charge in [-0.3, -0.25) is 43.2 Å². The van der Waals surface area contributed by atoms with Crippen LogP contribution in [0.15, 0.2) is 212 Å². The van der Waals surface area contributed by atoms with E-state index < -0.39 is 190 Å². The normalized spacial score (nSPS) is 18.0. The molecule has 724 valence electrons. The Morgan fingerprint density at radius 2 is 0.481 bits per heavy atom. The number of hydrogen-bond donors (Lipinski definition) is 11. The Labute approximate surface area is 792 Å². The molecule has 0 radical (unpaired) electrons. The lowest BCUT2D eigenvalue weighted by Gasteiger charge is -2.39. The van der Waals surface area contributed by atoms with Crippen LogP contribution >= 0.6 is 0 Å². The summed E-state index contributed by atoms with van der Waals surface area (Å²) in [7, 11) is 0. The lowest BCUT2D eigenvalue weighted by Crippen LogP contribution is -2.66. The van der Waals surface area contributed by atoms with Gasteiger partial charge in [-0.25, -0.2) is 58.2 Å². The van der Waals surface area contributed by atoms with E-state index in [1.54, 1.807) is 212 Å². The first-order chi connectivity index (χ1) is 65.0. The van der Waals surface area contributed by atoms with E-state index in [0.29, 0.717) is 53.6 Å². The van der Waals surface area contributed by atoms with Crippen molar-refractivity contribution in [2.24, 2.45) is 40.7 Å². The molecule has 1 heterocycles. The summed E-state index contributed by atoms with van der Waals surface area (Å²) in [6.07, 6.45) is -16.6. The van der Waals surface area contributed by atoms with Crippen molar-refractivity contribution in [1.82, 2.24) is 71.5 Å². The maximum Gasteiger partial charge on any atom is 0.327 e. The molecule has 1 fully saturated rings. The number of aryl methyl sites for hydroxylation is 3. The van der Waals surface area contributed by atoms with Crippen LogP contribution in [0.3, 0.4) is 0 Å². The van der Waals surface area contributed by atoms with Crippen LogP contribution in [0.5, 0.6) is 0 Å². The standard InChI is InChI=1S/C102H136N18O15/c1-71(2)51-57-89(122)118-86(67-78-42-22-11-23-43-78)107-95(128)96(129)114(70-81(106)121)85(66-77-40-20-10-21-41-77)111-100(133)117(94(127)62-56-76-38-18-9-19-39-76)83(49-29-32-64-104)109-98(131)115(92(125)60-54-74-34-14-7-15-35-74)82(48-28-31-63-103)108-97(130)116(93(126)61-55-75-36-16-8-17-37-75)84(50-30-33-65-105)110-99(132)119(90(123)58-52-72(3)4)87(68-79-44-24-12-25-45-79)113-102(135)120(91(124)59-53-73(5)6)88(112-101(118)134)69-80-46-26-13-27-47-80/h7-27,34-47,71-73,82-88H,28-33,48-70,103-105H2,1-6H3,(H2,106,121)(H,107,128)(H,108,130)(H,109,131)(H,110,132)(H,111,133)(H,112,134)(H,113,135)/t82-,83-,84?,85-,86-,87+,88-/m1/s1. The summed E-state index contributed by atoms with van der Waals surface area (Å²) in [6, 6.07) is 51.7. The van der Waals surface area contributed by atoms with Gasteiger partial charge in [-0.1, -0.05) is 254 Å². The van der Waals surface area contributed by atoms with Gasteiger partial charge in [-0.15, -0.1) is 0 Å². The number of urea groups is 6. The number of rotatable bonds is 40. The van der Waals surface area contributed by atoms with Crippen molar-refractivity contribution in [1.29, 1.82) is 0 Å². The van der Waals surface area contributed by atoms with Gasteiger partial charge in [0.05, 0.1) is 0 Å². The van der Waals surface area contributed by atoms with E-state index in [9.17, 15) is 4.79 Å². The molecule has 0 spiro atoms. The minimum atomic E-state index is -1.91. The fraction of sp³-hybridized carbons (Fsp3) is 0.441. The summed E-state index contributed by atoms with van der Waals surface area (Å²) in [6.45, 7) is 10.1. The number of imide groups is 6. The molecule has 7 atom stereocenters. The average molecular weight is 1850 g/mol. The zero-order chi connectivity index (χ0) is 97.7. The minimum Gasteiger partial charge on any atom is -0.368 e. The molecule has 1 saturated heterocycles. The van der Waals surface area contributed by atoms with Crippen molar-refractivity contribution in [3.63, 3.8) is 0 Å². The molecule has 21 amide bonds. The third-order valence-electron chi connectivity index (χ3n) is 23.1. The summed E-state index contributed by atoms with van der Waals surface area (Å²) in [4.78, 5) is 245. The lowest BCUT2D eigenvalue weighted by atomic mass is 10.1. The maximum atomic E-state index is 16.6. The number of nitrogens with one attached hydrogen (secondary N) is 7. The molecule has 0 saturated carbocycles. The number of carbonyl (C=O) groups is 15. The average Bonchev–Trinajstić information content (AvgIpc) is 1.34. The third kappa shape index (κ3) is 35.1. The van der Waals surface area contributed by atoms with Crippen LogP contribution in [-0.2, 0) is 88.1 Å². The van der Waals surface area contributed by atoms with E-state index in [1.807, 2.05) is 41.5 Å². The summed E-state index contributed by atoms with van der Waals surface area (Å²) in [5.41, 5.74) is 28.3. The number of carbonyl (C=O) groups excluding carboxylic acids is 15. The van der Waals surface area contributed by atoms with Crippen LogP contribution in [0.1, 0.15) is 196 Å². The first-order valence-corrected chi connectivity index (χ1v) is 47.0. The highest BCUT2D eigenvalue weighted by Crippen LogP contribution is 2.26. The zero-order valence-electron chi connectivity index (χ0n) is 78.6. The van der Waals surface area contributed by atoms with Gasteiger partial charge in [-0.05, 0) is 173 Å². The largest absolute Gasteiger partial charge is 0.368 e. The molecular weight excluding hydrogens is 1720 g/mol. The molecule has 1 aliphatic heterocycles. The summed E-state index contributed by atoms with van der Waals surface area (Å²) in [5, 5.41) is 19.7. The van der Waals surface area contributed by atoms with E-state index in [2.05, 4.69) is 37.2 Å². The Morgan fingerprint density at radius 3 is 0.719 bits per heavy atom. The fourth-order valence-corrected chi connectivity index (χ4v) is 15.8. The molecule has 33 nitrogen and oxygen atoms in total. The van der Waals surface area contributed by atoms with Gasteiger partial charge in [0, 0.05) is 64.2 Å². The number of benzene rings is 7. The fourth-order valence-electron chi connectivity index (χ4n) is 15.8. The van der Waals surface area contributed by atoms with E-state index in [1.165, 1.54) is 0 Å². The monoisotopic (exact) mass is 1850 g/mol. The zero-order valence-corrected chi connectivity index (χ0v) is 78.6. The molecule has 7 aromatic carbocycles. The van der Waals surface area contributed by atoms with E-state index >= 15 is 67.1 Å². The van der Waals surface area contributed by atoms with Gasteiger partial charge < -0.3 is 65.1 Å². The topological polar surface area (TPSA) is 467 Å². The Bertz CT molecular complexity index is 4970. The molecule has 1 aliphatic rings. The Hall–Kier alpha value is -13.5. The molecule has 1 unspecified atom stereocenters. The number of amides is 21. The highest BCUT2D eigenvalue weighted by Gasteiger charge is 2.45. The number of nitrogens with zero attached hydrogens (tertiary/aromatic N) is 7. The van der Waals surface area contributed by atoms with Crippen LogP contribution < -0.4 is 60.2 Å². The number of primary amides is 1. The van der Waals surface area contributed by atoms with E-state index in [-0.39, 0.29) is 147 Å². The maximum absolute atomic E-state index is 16.6. The van der Waals surface area contributed by atoms with Crippen LogP contribution in [0.2, 0.25) is 0 Å². The van der Waals surface area contributed by atoms with Gasteiger partial charge in [0.25, 0.3) is 0 Å². The number of unbranched alkanes of at least 4 members (excludes halogenated alkanes) is 3. The van der Waals surface area contributed by atoms with Gasteiger partial charge in [0.1, 0.15) is 49.7 Å². The Kier molecular flexibility index (Phi) is 44.7. The lowest BCUT2D eigenvalue weighted by molar-refractivity contribution is -0.150. The van der Waals surface area contributed by atoms with Gasteiger partial charge in [0.15, 0.2) is 0 Å². The predicted octanol–water partition coefficient (Wildman–Crippen LogP) is 11.5. The molecular formula is C102H136N18O15. The van der Waals surface area contributed by atoms with Gasteiger partial charge >= 0.3 is 48.0 Å². The van der Waals surface area contributed by atoms with Crippen molar-refractivity contribution < 1.29 is 71.9 Å². The van der Waals surface area contributed by atoms with Crippen molar-refractivity contribution in [2.75, 3.05) is 26.2 Å². The first-order valence-electron chi connectivity index (χ1n) is 47.0. The van der Waals surface area contributed by atoms with Crippen molar-refractivity contribution in [2.45, 2.75) is 245 Å². The molecule has 0 bridgehead atoms. The quantitative estimate of drug-likeness (QED) is 0.0125. The van der Waals surface area contributed by atoms with Crippen molar-refractivity contribution in [3.05, 3.63) is 251 Å². The first kappa shape index (κ1) is 107. The van der Waals surface area contributed by atoms with Crippen LogP contribution in [0.25, 0.3) is 0 Å². The molecule has 33 heteroatoms. The second-order valence-corrected chi connectivity index (χ2v) is 35.1. The molecule has 8 rings (SSSR count). The van der Waals surface area contributed by atoms with Crippen LogP contribution in [-0.4, -0.2) is 193 Å². The number of hydrogen-bond acceptors (Lipinski definition) is 18. The van der Waals surface area contributed by atoms with Crippen LogP contribution in [0.4, 0.5) is 28.8 Å². The number of nitrogens with two attached hydrogens (primary N) is 4. The minimum absolute atomic E-state index is 0.00370. The molecule has 15 N–H and O–H groups in total. The SMILES string of the molecule is CC(C)CCC(=O)N1C(=O)N[C@@H](Cc2ccccc2)N(C(=O)CCC(C)C)C(=O)N[C@H](Cc2ccccc2)N(C(=O)CCC(C)C)C(=O)NC(CCCCN)N(C(=O)CCc2ccccc2)C(=O)N[C@@H](CCCCN)N(C(=O)CCc2ccccc2)C(=O)N[C@@H](CCCCN)N(C(=O)CCc2ccccc2)C(=O)N[C@@H](Cc2ccccc2)N(CC(N)=O)C(=O)C(=O)N[C@H]1Cc1ccccc1. The molecule has 0 aliphatic carbocycles.